The molecule has 0 aliphatic heterocycles. The number of aryl methyl sites for hydroxylation is 2. The number of benzene rings is 1. The molecule has 31 heavy (non-hydrogen) atoms. The van der Waals surface area contributed by atoms with Gasteiger partial charge in [0, 0.05) is 49.5 Å². The number of anilines is 1. The lowest BCUT2D eigenvalue weighted by Crippen LogP contribution is -2.02. The van der Waals surface area contributed by atoms with Crippen molar-refractivity contribution in [3.8, 4) is 22.5 Å². The number of fused-ring (bicyclic) bond motifs is 1. The Labute approximate surface area is 180 Å². The lowest BCUT2D eigenvalue weighted by Gasteiger charge is -2.10. The molecule has 5 aromatic rings. The van der Waals surface area contributed by atoms with Crippen LogP contribution in [0.4, 0.5) is 5.82 Å². The molecule has 1 aromatic carbocycles. The topological polar surface area (TPSA) is 68.5 Å². The van der Waals surface area contributed by atoms with E-state index in [4.69, 9.17) is 0 Å². The van der Waals surface area contributed by atoms with E-state index in [0.717, 1.165) is 33.7 Å². The van der Waals surface area contributed by atoms with Gasteiger partial charge in [-0.2, -0.15) is 5.10 Å². The van der Waals surface area contributed by atoms with Crippen molar-refractivity contribution in [1.29, 1.82) is 0 Å². The Hall–Kier alpha value is -4.06. The third-order valence-corrected chi connectivity index (χ3v) is 5.27. The van der Waals surface area contributed by atoms with E-state index < -0.39 is 0 Å². The lowest BCUT2D eigenvalue weighted by molar-refractivity contribution is 0.770. The zero-order chi connectivity index (χ0) is 21.2. The molecule has 6 heteroatoms. The Bertz CT molecular complexity index is 1350. The molecule has 1 N–H and O–H groups in total. The zero-order valence-electron chi connectivity index (χ0n) is 17.4. The fraction of sp³-hybridized carbons (Fsp3) is 0.120. The van der Waals surface area contributed by atoms with E-state index in [-0.39, 0.29) is 0 Å². The minimum absolute atomic E-state index is 0.684. The number of hydrogen-bond acceptors (Lipinski definition) is 5. The summed E-state index contributed by atoms with van der Waals surface area (Å²) in [5.41, 5.74) is 6.28. The van der Waals surface area contributed by atoms with Gasteiger partial charge in [-0.3, -0.25) is 14.6 Å². The largest absolute Gasteiger partial charge is 0.365 e. The first-order chi connectivity index (χ1) is 15.2. The van der Waals surface area contributed by atoms with Crippen LogP contribution in [0.25, 0.3) is 33.3 Å². The second-order valence-corrected chi connectivity index (χ2v) is 7.56. The number of pyridine rings is 3. The van der Waals surface area contributed by atoms with E-state index in [9.17, 15) is 0 Å². The first kappa shape index (κ1) is 18.9. The first-order valence-electron chi connectivity index (χ1n) is 10.2. The standard InChI is InChI=1S/C25H22N6/c1-17-13-20(7-10-26-17)19-5-3-18(4-6-19)15-29-25-22-16-28-24(14-21(22)8-11-27-25)23-9-12-31(2)30-23/h3-14,16H,15H2,1-2H3,(H,27,29). The predicted molar refractivity (Wildman–Crippen MR) is 123 cm³/mol. The molecular weight excluding hydrogens is 384 g/mol. The molecule has 4 aromatic heterocycles. The smallest absolute Gasteiger partial charge is 0.135 e. The highest BCUT2D eigenvalue weighted by atomic mass is 15.2. The second kappa shape index (κ2) is 7.99. The Balaban J connectivity index is 1.34. The molecule has 0 spiro atoms. The average Bonchev–Trinajstić information content (AvgIpc) is 3.24. The van der Waals surface area contributed by atoms with Gasteiger partial charge in [0.25, 0.3) is 0 Å². The maximum atomic E-state index is 4.60. The molecule has 4 heterocycles. The van der Waals surface area contributed by atoms with Crippen molar-refractivity contribution < 1.29 is 0 Å². The van der Waals surface area contributed by atoms with Gasteiger partial charge in [0.2, 0.25) is 0 Å². The van der Waals surface area contributed by atoms with Crippen LogP contribution in [0.2, 0.25) is 0 Å². The highest BCUT2D eigenvalue weighted by Crippen LogP contribution is 2.25. The molecule has 0 saturated heterocycles. The van der Waals surface area contributed by atoms with Gasteiger partial charge >= 0.3 is 0 Å². The van der Waals surface area contributed by atoms with E-state index in [1.54, 1.807) is 4.68 Å². The van der Waals surface area contributed by atoms with Crippen molar-refractivity contribution in [2.75, 3.05) is 5.32 Å². The summed E-state index contributed by atoms with van der Waals surface area (Å²) in [6.07, 6.45) is 7.45. The minimum Gasteiger partial charge on any atom is -0.365 e. The van der Waals surface area contributed by atoms with Gasteiger partial charge in [0.05, 0.1) is 5.69 Å². The quantitative estimate of drug-likeness (QED) is 0.444. The van der Waals surface area contributed by atoms with Crippen LogP contribution in [-0.4, -0.2) is 24.7 Å². The van der Waals surface area contributed by atoms with Gasteiger partial charge in [-0.25, -0.2) is 4.98 Å². The van der Waals surface area contributed by atoms with Crippen LogP contribution < -0.4 is 5.32 Å². The number of aromatic nitrogens is 5. The zero-order valence-corrected chi connectivity index (χ0v) is 17.4. The molecule has 0 unspecified atom stereocenters. The summed E-state index contributed by atoms with van der Waals surface area (Å²) in [5, 5.41) is 9.97. The van der Waals surface area contributed by atoms with Crippen molar-refractivity contribution in [3.63, 3.8) is 0 Å². The monoisotopic (exact) mass is 406 g/mol. The van der Waals surface area contributed by atoms with Gasteiger partial charge in [-0.1, -0.05) is 24.3 Å². The molecule has 0 aliphatic rings. The molecule has 0 atom stereocenters. The van der Waals surface area contributed by atoms with Crippen molar-refractivity contribution in [2.45, 2.75) is 13.5 Å². The van der Waals surface area contributed by atoms with Gasteiger partial charge in [-0.15, -0.1) is 0 Å². The Morgan fingerprint density at radius 2 is 1.68 bits per heavy atom. The lowest BCUT2D eigenvalue weighted by atomic mass is 10.0. The number of rotatable bonds is 5. The van der Waals surface area contributed by atoms with E-state index in [1.807, 2.05) is 57.0 Å². The third-order valence-electron chi connectivity index (χ3n) is 5.27. The van der Waals surface area contributed by atoms with Crippen LogP contribution in [0.15, 0.2) is 79.4 Å². The molecule has 0 bridgehead atoms. The fourth-order valence-electron chi connectivity index (χ4n) is 3.63. The normalized spacial score (nSPS) is 11.0. The second-order valence-electron chi connectivity index (χ2n) is 7.56. The molecule has 0 amide bonds. The molecule has 5 rings (SSSR count). The molecule has 0 saturated carbocycles. The molecule has 0 radical (unpaired) electrons. The summed E-state index contributed by atoms with van der Waals surface area (Å²) in [4.78, 5) is 13.4. The van der Waals surface area contributed by atoms with Crippen LogP contribution in [-0.2, 0) is 13.6 Å². The predicted octanol–water partition coefficient (Wildman–Crippen LogP) is 5.01. The number of hydrogen-bond donors (Lipinski definition) is 1. The summed E-state index contributed by atoms with van der Waals surface area (Å²) in [7, 11) is 1.90. The summed E-state index contributed by atoms with van der Waals surface area (Å²) >= 11 is 0. The Kier molecular flexibility index (Phi) is 4.88. The SMILES string of the molecule is Cc1cc(-c2ccc(CNc3nccc4cc(-c5ccn(C)n5)ncc34)cc2)ccn1. The first-order valence-corrected chi connectivity index (χ1v) is 10.2. The van der Waals surface area contributed by atoms with Crippen LogP contribution in [0, 0.1) is 6.92 Å². The van der Waals surface area contributed by atoms with E-state index >= 15 is 0 Å². The maximum Gasteiger partial charge on any atom is 0.135 e. The number of nitrogens with one attached hydrogen (secondary N) is 1. The van der Waals surface area contributed by atoms with Crippen molar-refractivity contribution in [2.24, 2.45) is 7.05 Å². The summed E-state index contributed by atoms with van der Waals surface area (Å²) in [6.45, 7) is 2.69. The van der Waals surface area contributed by atoms with Crippen LogP contribution in [0.5, 0.6) is 0 Å². The Morgan fingerprint density at radius 1 is 0.839 bits per heavy atom. The third kappa shape index (κ3) is 4.00. The van der Waals surface area contributed by atoms with Crippen molar-refractivity contribution in [3.05, 3.63) is 90.6 Å². The molecule has 6 nitrogen and oxygen atoms in total. The van der Waals surface area contributed by atoms with Gasteiger partial charge in [-0.05, 0) is 59.3 Å². The molecule has 0 aliphatic carbocycles. The summed E-state index contributed by atoms with van der Waals surface area (Å²) < 4.78 is 1.78. The minimum atomic E-state index is 0.684. The van der Waals surface area contributed by atoms with E-state index in [1.165, 1.54) is 16.7 Å². The average molecular weight is 406 g/mol. The van der Waals surface area contributed by atoms with Crippen LogP contribution >= 0.6 is 0 Å². The summed E-state index contributed by atoms with van der Waals surface area (Å²) in [6, 6.07) is 18.7. The molecule has 152 valence electrons. The van der Waals surface area contributed by atoms with Crippen molar-refractivity contribution in [1.82, 2.24) is 24.7 Å². The van der Waals surface area contributed by atoms with E-state index in [0.29, 0.717) is 6.54 Å². The van der Waals surface area contributed by atoms with Gasteiger partial charge in [0.1, 0.15) is 11.5 Å². The number of nitrogens with zero attached hydrogens (tertiary/aromatic N) is 5. The van der Waals surface area contributed by atoms with Gasteiger partial charge < -0.3 is 5.32 Å². The fourth-order valence-corrected chi connectivity index (χ4v) is 3.63. The van der Waals surface area contributed by atoms with E-state index in [2.05, 4.69) is 61.8 Å². The van der Waals surface area contributed by atoms with Crippen LogP contribution in [0.1, 0.15) is 11.3 Å². The Morgan fingerprint density at radius 3 is 2.45 bits per heavy atom. The van der Waals surface area contributed by atoms with Crippen molar-refractivity contribution >= 4 is 16.6 Å². The van der Waals surface area contributed by atoms with Gasteiger partial charge in [0.15, 0.2) is 0 Å². The van der Waals surface area contributed by atoms with Crippen LogP contribution in [0.3, 0.4) is 0 Å². The maximum absolute atomic E-state index is 4.60. The molecular formula is C25H22N6. The summed E-state index contributed by atoms with van der Waals surface area (Å²) in [5.74, 6) is 0.825. The highest BCUT2D eigenvalue weighted by molar-refractivity contribution is 5.92. The highest BCUT2D eigenvalue weighted by Gasteiger charge is 2.08. The molecule has 0 fully saturated rings.